The summed E-state index contributed by atoms with van der Waals surface area (Å²) in [5.41, 5.74) is 2.45. The largest absolute Gasteiger partial charge is 0.433 e. The van der Waals surface area contributed by atoms with E-state index in [1.807, 2.05) is 0 Å². The molecule has 0 aliphatic carbocycles. The van der Waals surface area contributed by atoms with Gasteiger partial charge < -0.3 is 9.32 Å². The lowest BCUT2D eigenvalue weighted by Gasteiger charge is -2.34. The van der Waals surface area contributed by atoms with Crippen LogP contribution < -0.4 is 5.43 Å². The second kappa shape index (κ2) is 15.5. The van der Waals surface area contributed by atoms with Crippen molar-refractivity contribution in [2.24, 2.45) is 5.10 Å². The Kier molecular flexibility index (Phi) is 12.6. The van der Waals surface area contributed by atoms with Crippen LogP contribution in [0.1, 0.15) is 76.9 Å². The van der Waals surface area contributed by atoms with Crippen molar-refractivity contribution in [1.29, 1.82) is 0 Å². The zero-order valence-electron chi connectivity index (χ0n) is 19.5. The van der Waals surface area contributed by atoms with Gasteiger partial charge in [-0.05, 0) is 19.0 Å². The minimum absolute atomic E-state index is 0.203. The third-order valence-electron chi connectivity index (χ3n) is 5.83. The smallest absolute Gasteiger partial charge is 0.400 e. The summed E-state index contributed by atoms with van der Waals surface area (Å²) in [7, 11) is 0. The van der Waals surface area contributed by atoms with Crippen LogP contribution in [-0.2, 0) is 4.79 Å². The summed E-state index contributed by atoms with van der Waals surface area (Å²) in [6, 6.07) is 2.68. The molecule has 9 nitrogen and oxygen atoms in total. The first-order valence-corrected chi connectivity index (χ1v) is 12.1. The molecular formula is C23H39N5O4. The lowest BCUT2D eigenvalue weighted by molar-refractivity contribution is -0.402. The van der Waals surface area contributed by atoms with Gasteiger partial charge in [0.1, 0.15) is 4.92 Å². The number of nitro groups is 1. The average molecular weight is 450 g/mol. The highest BCUT2D eigenvalue weighted by Gasteiger charge is 2.18. The Balaban J connectivity index is 1.47. The second-order valence-electron chi connectivity index (χ2n) is 8.53. The maximum Gasteiger partial charge on any atom is 0.433 e. The minimum atomic E-state index is -0.619. The normalized spacial score (nSPS) is 15.4. The molecule has 0 atom stereocenters. The van der Waals surface area contributed by atoms with E-state index in [0.29, 0.717) is 6.54 Å². The maximum atomic E-state index is 12.0. The van der Waals surface area contributed by atoms with E-state index < -0.39 is 4.92 Å². The molecule has 0 saturated carbocycles. The molecule has 0 spiro atoms. The molecule has 1 amide bonds. The Morgan fingerprint density at radius 1 is 1.03 bits per heavy atom. The van der Waals surface area contributed by atoms with Crippen molar-refractivity contribution < 1.29 is 14.1 Å². The number of nitrogens with one attached hydrogen (secondary N) is 1. The highest BCUT2D eigenvalue weighted by Crippen LogP contribution is 2.14. The third-order valence-corrected chi connectivity index (χ3v) is 5.83. The van der Waals surface area contributed by atoms with Crippen LogP contribution in [0.4, 0.5) is 5.88 Å². The summed E-state index contributed by atoms with van der Waals surface area (Å²) in [5, 5.41) is 14.4. The Bertz CT molecular complexity index is 698. The van der Waals surface area contributed by atoms with Gasteiger partial charge in [-0.15, -0.1) is 0 Å². The van der Waals surface area contributed by atoms with E-state index in [1.165, 1.54) is 82.6 Å². The molecule has 0 unspecified atom stereocenters. The van der Waals surface area contributed by atoms with Crippen LogP contribution in [0.15, 0.2) is 21.7 Å². The van der Waals surface area contributed by atoms with Crippen molar-refractivity contribution in [1.82, 2.24) is 15.2 Å². The van der Waals surface area contributed by atoms with Crippen molar-refractivity contribution >= 4 is 18.0 Å². The van der Waals surface area contributed by atoms with Gasteiger partial charge in [0.2, 0.25) is 0 Å². The number of carbonyl (C=O) groups excluding carboxylic acids is 1. The summed E-state index contributed by atoms with van der Waals surface area (Å²) in [6.07, 6.45) is 14.8. The maximum absolute atomic E-state index is 12.0. The van der Waals surface area contributed by atoms with Gasteiger partial charge in [-0.3, -0.25) is 19.8 Å². The van der Waals surface area contributed by atoms with Crippen LogP contribution >= 0.6 is 0 Å². The van der Waals surface area contributed by atoms with Crippen LogP contribution in [-0.4, -0.2) is 66.1 Å². The topological polar surface area (TPSA) is 104 Å². The number of hydrogen-bond acceptors (Lipinski definition) is 7. The number of carbonyl (C=O) groups is 1. The van der Waals surface area contributed by atoms with E-state index in [-0.39, 0.29) is 17.6 Å². The molecule has 1 aromatic heterocycles. The highest BCUT2D eigenvalue weighted by molar-refractivity contribution is 5.81. The molecule has 1 aromatic rings. The van der Waals surface area contributed by atoms with E-state index in [0.717, 1.165) is 32.7 Å². The van der Waals surface area contributed by atoms with E-state index in [2.05, 4.69) is 27.3 Å². The molecule has 1 fully saturated rings. The number of hydrogen-bond donors (Lipinski definition) is 1. The molecule has 9 heteroatoms. The molecule has 2 heterocycles. The average Bonchev–Trinajstić information content (AvgIpc) is 3.25. The molecule has 1 aliphatic heterocycles. The van der Waals surface area contributed by atoms with E-state index in [9.17, 15) is 14.9 Å². The van der Waals surface area contributed by atoms with Gasteiger partial charge in [0.15, 0.2) is 5.76 Å². The summed E-state index contributed by atoms with van der Waals surface area (Å²) in [4.78, 5) is 26.6. The zero-order valence-corrected chi connectivity index (χ0v) is 19.5. The number of unbranched alkanes of at least 4 members (excludes halogenated alkanes) is 9. The van der Waals surface area contributed by atoms with Gasteiger partial charge in [-0.25, -0.2) is 5.43 Å². The standard InChI is InChI=1S/C23H39N5O4/c1-2-3-4-5-6-7-8-9-10-11-14-26-15-17-27(18-16-26)20-22(29)25-24-19-21-12-13-23(32-21)28(30)31/h12-13,19H,2-11,14-18,20H2,1H3,(H,25,29)/b24-19+. The van der Waals surface area contributed by atoms with Gasteiger partial charge >= 0.3 is 5.88 Å². The van der Waals surface area contributed by atoms with Crippen LogP contribution in [0.25, 0.3) is 0 Å². The summed E-state index contributed by atoms with van der Waals surface area (Å²) < 4.78 is 4.95. The first kappa shape index (κ1) is 26.0. The lowest BCUT2D eigenvalue weighted by atomic mass is 10.1. The Morgan fingerprint density at radius 3 is 2.22 bits per heavy atom. The molecular weight excluding hydrogens is 410 g/mol. The fourth-order valence-corrected chi connectivity index (χ4v) is 3.91. The molecule has 1 saturated heterocycles. The molecule has 0 bridgehead atoms. The van der Waals surface area contributed by atoms with E-state index in [1.54, 1.807) is 0 Å². The predicted molar refractivity (Wildman–Crippen MR) is 126 cm³/mol. The molecule has 32 heavy (non-hydrogen) atoms. The molecule has 1 aliphatic rings. The predicted octanol–water partition coefficient (Wildman–Crippen LogP) is 4.18. The van der Waals surface area contributed by atoms with Crippen LogP contribution in [0, 0.1) is 10.1 Å². The van der Waals surface area contributed by atoms with Gasteiger partial charge in [0, 0.05) is 26.2 Å². The minimum Gasteiger partial charge on any atom is -0.400 e. The summed E-state index contributed by atoms with van der Waals surface area (Å²) in [6.45, 7) is 7.43. The van der Waals surface area contributed by atoms with Crippen molar-refractivity contribution in [2.45, 2.75) is 71.1 Å². The second-order valence-corrected chi connectivity index (χ2v) is 8.53. The molecule has 2 rings (SSSR count). The number of nitrogens with zero attached hydrogens (tertiary/aromatic N) is 4. The van der Waals surface area contributed by atoms with Crippen molar-refractivity contribution in [3.05, 3.63) is 28.0 Å². The molecule has 180 valence electrons. The third kappa shape index (κ3) is 10.9. The Morgan fingerprint density at radius 2 is 1.62 bits per heavy atom. The highest BCUT2D eigenvalue weighted by atomic mass is 16.6. The van der Waals surface area contributed by atoms with Crippen LogP contribution in [0.3, 0.4) is 0 Å². The van der Waals surface area contributed by atoms with Gasteiger partial charge in [-0.2, -0.15) is 5.10 Å². The Labute approximate surface area is 191 Å². The SMILES string of the molecule is CCCCCCCCCCCCN1CCN(CC(=O)N/N=C/c2ccc([N+](=O)[O-])o2)CC1. The summed E-state index contributed by atoms with van der Waals surface area (Å²) >= 11 is 0. The number of piperazine rings is 1. The van der Waals surface area contributed by atoms with E-state index >= 15 is 0 Å². The lowest BCUT2D eigenvalue weighted by Crippen LogP contribution is -2.49. The first-order chi connectivity index (χ1) is 15.6. The van der Waals surface area contributed by atoms with Gasteiger partial charge in [0.05, 0.1) is 18.8 Å². The van der Waals surface area contributed by atoms with Crippen molar-refractivity contribution in [3.8, 4) is 0 Å². The van der Waals surface area contributed by atoms with Crippen LogP contribution in [0.5, 0.6) is 0 Å². The zero-order chi connectivity index (χ0) is 23.0. The fraction of sp³-hybridized carbons (Fsp3) is 0.739. The number of amides is 1. The molecule has 0 radical (unpaired) electrons. The number of furan rings is 1. The van der Waals surface area contributed by atoms with Crippen LogP contribution in [0.2, 0.25) is 0 Å². The fourth-order valence-electron chi connectivity index (χ4n) is 3.91. The first-order valence-electron chi connectivity index (χ1n) is 12.1. The van der Waals surface area contributed by atoms with Crippen molar-refractivity contribution in [3.63, 3.8) is 0 Å². The number of hydrazone groups is 1. The molecule has 1 N–H and O–H groups in total. The monoisotopic (exact) mass is 449 g/mol. The van der Waals surface area contributed by atoms with Gasteiger partial charge in [0.25, 0.3) is 5.91 Å². The van der Waals surface area contributed by atoms with Crippen molar-refractivity contribution in [2.75, 3.05) is 39.3 Å². The summed E-state index contributed by atoms with van der Waals surface area (Å²) in [5.74, 6) is -0.337. The Hall–Kier alpha value is -2.26. The van der Waals surface area contributed by atoms with Gasteiger partial charge in [-0.1, -0.05) is 64.7 Å². The van der Waals surface area contributed by atoms with E-state index in [4.69, 9.17) is 4.42 Å². The molecule has 0 aromatic carbocycles. The quantitative estimate of drug-likeness (QED) is 0.176. The number of rotatable bonds is 16.